The highest BCUT2D eigenvalue weighted by molar-refractivity contribution is 6.03. The summed E-state index contributed by atoms with van der Waals surface area (Å²) >= 11 is 0. The Morgan fingerprint density at radius 1 is 1.44 bits per heavy atom. The summed E-state index contributed by atoms with van der Waals surface area (Å²) in [6, 6.07) is 7.28. The van der Waals surface area contributed by atoms with E-state index in [0.717, 1.165) is 24.8 Å². The van der Waals surface area contributed by atoms with Crippen LogP contribution in [0.25, 0.3) is 6.08 Å². The fraction of sp³-hybridized carbons (Fsp3) is 0.400. The minimum absolute atomic E-state index is 0.206. The quantitative estimate of drug-likeness (QED) is 0.709. The summed E-state index contributed by atoms with van der Waals surface area (Å²) in [4.78, 5) is 16.4. The number of carbonyl (C=O) groups is 1. The number of aromatic nitrogens is 1. The van der Waals surface area contributed by atoms with Crippen molar-refractivity contribution in [1.82, 2.24) is 4.98 Å². The minimum atomic E-state index is -0.267. The zero-order valence-corrected chi connectivity index (χ0v) is 10.7. The number of nitrogens with zero attached hydrogens (tertiary/aromatic N) is 2. The lowest BCUT2D eigenvalue weighted by Crippen LogP contribution is -2.29. The summed E-state index contributed by atoms with van der Waals surface area (Å²) in [7, 11) is 0. The Morgan fingerprint density at radius 2 is 2.22 bits per heavy atom. The molecular weight excluding hydrogens is 224 g/mol. The Bertz CT molecular complexity index is 550. The molecule has 0 N–H and O–H groups in total. The Hall–Kier alpha value is -1.95. The maximum Gasteiger partial charge on any atom is 0.164 e. The Labute approximate surface area is 107 Å². The molecule has 0 atom stereocenters. The van der Waals surface area contributed by atoms with Crippen molar-refractivity contribution in [3.8, 4) is 6.07 Å². The number of rotatable bonds is 1. The van der Waals surface area contributed by atoms with Crippen LogP contribution in [0.1, 0.15) is 44.5 Å². The first kappa shape index (κ1) is 12.5. The molecule has 1 aliphatic rings. The maximum atomic E-state index is 12.2. The molecule has 3 heteroatoms. The van der Waals surface area contributed by atoms with Crippen molar-refractivity contribution in [3.05, 3.63) is 35.2 Å². The molecule has 0 aliphatic heterocycles. The van der Waals surface area contributed by atoms with E-state index in [1.54, 1.807) is 12.1 Å². The average Bonchev–Trinajstić information content (AvgIpc) is 2.35. The Balaban J connectivity index is 2.33. The lowest BCUT2D eigenvalue weighted by Gasteiger charge is -2.29. The van der Waals surface area contributed by atoms with Gasteiger partial charge >= 0.3 is 0 Å². The largest absolute Gasteiger partial charge is 0.294 e. The monoisotopic (exact) mass is 240 g/mol. The van der Waals surface area contributed by atoms with E-state index < -0.39 is 0 Å². The topological polar surface area (TPSA) is 53.8 Å². The van der Waals surface area contributed by atoms with Crippen LogP contribution in [0.2, 0.25) is 0 Å². The standard InChI is InChI=1S/C15H16N2O/c1-15(2)8-4-5-11(14(15)18)9-12-6-3-7-13(10-16)17-12/h3,6-7,9H,4-5,8H2,1-2H3. The van der Waals surface area contributed by atoms with Gasteiger partial charge in [-0.3, -0.25) is 4.79 Å². The molecule has 18 heavy (non-hydrogen) atoms. The van der Waals surface area contributed by atoms with Crippen LogP contribution < -0.4 is 0 Å². The van der Waals surface area contributed by atoms with Gasteiger partial charge in [-0.25, -0.2) is 4.98 Å². The van der Waals surface area contributed by atoms with E-state index in [1.807, 2.05) is 32.1 Å². The third-order valence-electron chi connectivity index (χ3n) is 3.36. The van der Waals surface area contributed by atoms with Crippen LogP contribution in [0, 0.1) is 16.7 Å². The van der Waals surface area contributed by atoms with Crippen LogP contribution in [0.4, 0.5) is 0 Å². The van der Waals surface area contributed by atoms with Gasteiger partial charge in [0, 0.05) is 5.41 Å². The predicted octanol–water partition coefficient (Wildman–Crippen LogP) is 3.12. The molecule has 2 rings (SSSR count). The van der Waals surface area contributed by atoms with Gasteiger partial charge < -0.3 is 0 Å². The molecular formula is C15H16N2O. The van der Waals surface area contributed by atoms with Crippen molar-refractivity contribution in [2.45, 2.75) is 33.1 Å². The first-order chi connectivity index (χ1) is 8.53. The van der Waals surface area contributed by atoms with Crippen molar-refractivity contribution in [3.63, 3.8) is 0 Å². The smallest absolute Gasteiger partial charge is 0.164 e. The summed E-state index contributed by atoms with van der Waals surface area (Å²) in [6.07, 6.45) is 4.60. The lowest BCUT2D eigenvalue weighted by molar-refractivity contribution is -0.124. The molecule has 1 saturated carbocycles. The summed E-state index contributed by atoms with van der Waals surface area (Å²) in [5.41, 5.74) is 1.63. The van der Waals surface area contributed by atoms with Crippen LogP contribution in [-0.2, 0) is 4.79 Å². The van der Waals surface area contributed by atoms with Crippen molar-refractivity contribution in [2.75, 3.05) is 0 Å². The molecule has 0 spiro atoms. The van der Waals surface area contributed by atoms with E-state index in [1.165, 1.54) is 0 Å². The van der Waals surface area contributed by atoms with E-state index in [2.05, 4.69) is 4.98 Å². The SMILES string of the molecule is CC1(C)CCCC(=Cc2cccc(C#N)n2)C1=O. The van der Waals surface area contributed by atoms with Crippen LogP contribution in [0.15, 0.2) is 23.8 Å². The molecule has 1 heterocycles. The predicted molar refractivity (Wildman–Crippen MR) is 69.6 cm³/mol. The van der Waals surface area contributed by atoms with Crippen LogP contribution in [-0.4, -0.2) is 10.8 Å². The molecule has 3 nitrogen and oxygen atoms in total. The second-order valence-electron chi connectivity index (χ2n) is 5.30. The number of carbonyl (C=O) groups excluding carboxylic acids is 1. The van der Waals surface area contributed by atoms with E-state index in [0.29, 0.717) is 11.4 Å². The molecule has 92 valence electrons. The molecule has 1 fully saturated rings. The molecule has 0 amide bonds. The van der Waals surface area contributed by atoms with Crippen LogP contribution in [0.3, 0.4) is 0 Å². The number of ketones is 1. The minimum Gasteiger partial charge on any atom is -0.294 e. The van der Waals surface area contributed by atoms with E-state index in [-0.39, 0.29) is 11.2 Å². The highest BCUT2D eigenvalue weighted by Gasteiger charge is 2.33. The van der Waals surface area contributed by atoms with Gasteiger partial charge in [-0.15, -0.1) is 0 Å². The van der Waals surface area contributed by atoms with Gasteiger partial charge in [0.2, 0.25) is 0 Å². The van der Waals surface area contributed by atoms with Gasteiger partial charge in [0.05, 0.1) is 5.69 Å². The lowest BCUT2D eigenvalue weighted by atomic mass is 9.73. The summed E-state index contributed by atoms with van der Waals surface area (Å²) in [5.74, 6) is 0.206. The van der Waals surface area contributed by atoms with Crippen molar-refractivity contribution in [1.29, 1.82) is 5.26 Å². The number of Topliss-reactive ketones (excluding diaryl/α,β-unsaturated/α-hetero) is 1. The molecule has 1 aromatic rings. The van der Waals surface area contributed by atoms with Crippen LogP contribution >= 0.6 is 0 Å². The molecule has 1 aromatic heterocycles. The summed E-state index contributed by atoms with van der Waals surface area (Å²) < 4.78 is 0. The zero-order chi connectivity index (χ0) is 13.2. The third kappa shape index (κ3) is 2.48. The number of hydrogen-bond donors (Lipinski definition) is 0. The normalized spacial score (nSPS) is 20.7. The molecule has 0 bridgehead atoms. The third-order valence-corrected chi connectivity index (χ3v) is 3.36. The number of nitriles is 1. The van der Waals surface area contributed by atoms with Crippen molar-refractivity contribution >= 4 is 11.9 Å². The fourth-order valence-electron chi connectivity index (χ4n) is 2.29. The summed E-state index contributed by atoms with van der Waals surface area (Å²) in [6.45, 7) is 3.98. The second-order valence-corrected chi connectivity index (χ2v) is 5.30. The second kappa shape index (κ2) is 4.73. The number of allylic oxidation sites excluding steroid dienone is 1. The highest BCUT2D eigenvalue weighted by Crippen LogP contribution is 2.35. The molecule has 1 aliphatic carbocycles. The van der Waals surface area contributed by atoms with E-state index in [4.69, 9.17) is 5.26 Å². The molecule has 0 aromatic carbocycles. The van der Waals surface area contributed by atoms with Crippen LogP contribution in [0.5, 0.6) is 0 Å². The van der Waals surface area contributed by atoms with Gasteiger partial charge in [-0.2, -0.15) is 5.26 Å². The van der Waals surface area contributed by atoms with Crippen molar-refractivity contribution < 1.29 is 4.79 Å². The van der Waals surface area contributed by atoms with Gasteiger partial charge in [0.1, 0.15) is 11.8 Å². The van der Waals surface area contributed by atoms with E-state index >= 15 is 0 Å². The Morgan fingerprint density at radius 3 is 2.94 bits per heavy atom. The summed E-state index contributed by atoms with van der Waals surface area (Å²) in [5, 5.41) is 8.80. The van der Waals surface area contributed by atoms with Crippen molar-refractivity contribution in [2.24, 2.45) is 5.41 Å². The van der Waals surface area contributed by atoms with E-state index in [9.17, 15) is 4.79 Å². The fourth-order valence-corrected chi connectivity index (χ4v) is 2.29. The van der Waals surface area contributed by atoms with Gasteiger partial charge in [-0.1, -0.05) is 19.9 Å². The van der Waals surface area contributed by atoms with Gasteiger partial charge in [0.25, 0.3) is 0 Å². The Kier molecular flexibility index (Phi) is 3.29. The first-order valence-corrected chi connectivity index (χ1v) is 6.15. The number of hydrogen-bond acceptors (Lipinski definition) is 3. The molecule has 0 unspecified atom stereocenters. The number of pyridine rings is 1. The first-order valence-electron chi connectivity index (χ1n) is 6.15. The average molecular weight is 240 g/mol. The molecule has 0 saturated heterocycles. The molecule has 0 radical (unpaired) electrons. The van der Waals surface area contributed by atoms with Gasteiger partial charge in [0.15, 0.2) is 5.78 Å². The zero-order valence-electron chi connectivity index (χ0n) is 10.7. The maximum absolute atomic E-state index is 12.2. The highest BCUT2D eigenvalue weighted by atomic mass is 16.1. The van der Waals surface area contributed by atoms with Gasteiger partial charge in [-0.05, 0) is 43.0 Å².